The van der Waals surface area contributed by atoms with Gasteiger partial charge in [0.05, 0.1) is 10.8 Å². The average Bonchev–Trinajstić information content (AvgIpc) is 3.35. The first kappa shape index (κ1) is 24.2. The molecular formula is C22H28CsN3OS. The number of H-pyrrole nitrogens is 1. The molecule has 1 aliphatic heterocycles. The molecule has 1 atom stereocenters. The van der Waals surface area contributed by atoms with Gasteiger partial charge in [0.1, 0.15) is 0 Å². The Morgan fingerprint density at radius 2 is 1.82 bits per heavy atom. The number of hydrogen-bond acceptors (Lipinski definition) is 3. The van der Waals surface area contributed by atoms with Crippen molar-refractivity contribution in [2.24, 2.45) is 5.73 Å². The maximum absolute atomic E-state index is 12.6. The molecule has 1 fully saturated rings. The predicted octanol–water partition coefficient (Wildman–Crippen LogP) is 1.35. The minimum Gasteiger partial charge on any atom is -0.371 e. The number of nitrogens with zero attached hydrogens (tertiary/aromatic N) is 1. The minimum atomic E-state index is -1.01. The molecule has 144 valence electrons. The number of rotatable bonds is 6. The number of anilines is 1. The number of aromatic amines is 1. The molecule has 3 N–H and O–H groups in total. The summed E-state index contributed by atoms with van der Waals surface area (Å²) in [6.07, 6.45) is 3.24. The van der Waals surface area contributed by atoms with E-state index in [1.165, 1.54) is 23.9 Å². The van der Waals surface area contributed by atoms with E-state index < -0.39 is 10.8 Å². The topological polar surface area (TPSA) is 62.1 Å². The van der Waals surface area contributed by atoms with Gasteiger partial charge in [-0.05, 0) is 56.1 Å². The molecule has 28 heavy (non-hydrogen) atoms. The molecule has 1 aliphatic rings. The van der Waals surface area contributed by atoms with E-state index in [2.05, 4.69) is 46.3 Å². The fourth-order valence-corrected chi connectivity index (χ4v) is 4.79. The van der Waals surface area contributed by atoms with Crippen LogP contribution in [0.2, 0.25) is 0 Å². The summed E-state index contributed by atoms with van der Waals surface area (Å²) in [6, 6.07) is 16.8. The van der Waals surface area contributed by atoms with Gasteiger partial charge in [-0.2, -0.15) is 0 Å². The van der Waals surface area contributed by atoms with Crippen molar-refractivity contribution in [1.29, 1.82) is 0 Å². The number of para-hydroxylation sites is 1. The van der Waals surface area contributed by atoms with Crippen LogP contribution >= 0.6 is 0 Å². The van der Waals surface area contributed by atoms with Gasteiger partial charge < -0.3 is 23.0 Å². The van der Waals surface area contributed by atoms with Crippen LogP contribution in [0.4, 0.5) is 5.69 Å². The van der Waals surface area contributed by atoms with Crippen molar-refractivity contribution in [3.05, 3.63) is 56.0 Å². The van der Waals surface area contributed by atoms with Crippen LogP contribution in [0.15, 0.2) is 53.4 Å². The van der Waals surface area contributed by atoms with Gasteiger partial charge in [-0.3, -0.25) is 4.21 Å². The van der Waals surface area contributed by atoms with Crippen molar-refractivity contribution >= 4 is 27.4 Å². The Balaban J connectivity index is 0.00000140. The predicted molar refractivity (Wildman–Crippen MR) is 117 cm³/mol. The first-order chi connectivity index (χ1) is 12.8. The second kappa shape index (κ2) is 11.4. The molecule has 0 amide bonds. The zero-order valence-electron chi connectivity index (χ0n) is 16.9. The molecule has 3 aromatic rings. The molecule has 1 aromatic heterocycles. The van der Waals surface area contributed by atoms with Gasteiger partial charge in [-0.15, -0.1) is 0 Å². The van der Waals surface area contributed by atoms with Crippen molar-refractivity contribution in [1.82, 2.24) is 4.98 Å². The van der Waals surface area contributed by atoms with Gasteiger partial charge in [-0.1, -0.05) is 18.2 Å². The van der Waals surface area contributed by atoms with Crippen molar-refractivity contribution in [3.8, 4) is 11.3 Å². The first-order valence-electron chi connectivity index (χ1n) is 9.32. The van der Waals surface area contributed by atoms with Crippen molar-refractivity contribution in [3.63, 3.8) is 0 Å². The molecule has 0 bridgehead atoms. The second-order valence-electron chi connectivity index (χ2n) is 6.84. The largest absolute Gasteiger partial charge is 1.00 e. The average molecular weight is 515 g/mol. The van der Waals surface area contributed by atoms with E-state index in [-0.39, 0.29) is 76.3 Å². The third-order valence-electron chi connectivity index (χ3n) is 5.03. The monoisotopic (exact) mass is 515 g/mol. The quantitative estimate of drug-likeness (QED) is 0.488. The molecule has 0 saturated carbocycles. The Bertz CT molecular complexity index is 901. The summed E-state index contributed by atoms with van der Waals surface area (Å²) in [5.41, 5.74) is 10.2. The van der Waals surface area contributed by atoms with Crippen LogP contribution in [0.25, 0.3) is 22.2 Å². The molecule has 0 radical (unpaired) electrons. The van der Waals surface area contributed by atoms with Crippen molar-refractivity contribution in [2.75, 3.05) is 30.3 Å². The Morgan fingerprint density at radius 3 is 2.54 bits per heavy atom. The molecular weight excluding hydrogens is 487 g/mol. The molecule has 1 saturated heterocycles. The van der Waals surface area contributed by atoms with Gasteiger partial charge in [0.25, 0.3) is 0 Å². The Labute approximate surface area is 229 Å². The first-order valence-corrected chi connectivity index (χ1v) is 10.6. The molecule has 1 unspecified atom stereocenters. The Kier molecular flexibility index (Phi) is 9.83. The van der Waals surface area contributed by atoms with E-state index in [1.807, 2.05) is 12.1 Å². The smallest absolute Gasteiger partial charge is 0.371 e. The molecule has 0 spiro atoms. The van der Waals surface area contributed by atoms with Crippen molar-refractivity contribution < 1.29 is 73.1 Å². The third kappa shape index (κ3) is 5.35. The van der Waals surface area contributed by atoms with Crippen LogP contribution < -0.4 is 79.5 Å². The normalized spacial score (nSPS) is 14.5. The van der Waals surface area contributed by atoms with E-state index in [9.17, 15) is 4.21 Å². The molecule has 2 heterocycles. The zero-order chi connectivity index (χ0) is 17.9. The number of nitrogens with one attached hydrogen (secondary N) is 1. The van der Waals surface area contributed by atoms with Crippen LogP contribution in [-0.4, -0.2) is 34.6 Å². The summed E-state index contributed by atoms with van der Waals surface area (Å²) in [7, 11) is -1.01. The van der Waals surface area contributed by atoms with Crippen LogP contribution in [-0.2, 0) is 10.8 Å². The van der Waals surface area contributed by atoms with Crippen LogP contribution in [0.5, 0.6) is 0 Å². The molecule has 4 nitrogen and oxygen atoms in total. The van der Waals surface area contributed by atoms with Gasteiger partial charge in [0.2, 0.25) is 0 Å². The summed E-state index contributed by atoms with van der Waals surface area (Å²) in [4.78, 5) is 6.86. The van der Waals surface area contributed by atoms with Crippen LogP contribution in [0, 0.1) is 7.43 Å². The molecule has 4 rings (SSSR count). The van der Waals surface area contributed by atoms with E-state index in [1.54, 1.807) is 0 Å². The maximum atomic E-state index is 12.6. The Morgan fingerprint density at radius 1 is 1.07 bits per heavy atom. The summed E-state index contributed by atoms with van der Waals surface area (Å²) in [6.45, 7) is 2.75. The summed E-state index contributed by atoms with van der Waals surface area (Å²) in [5, 5.41) is 1.20. The van der Waals surface area contributed by atoms with Crippen LogP contribution in [0.1, 0.15) is 19.3 Å². The summed E-state index contributed by atoms with van der Waals surface area (Å²) < 4.78 is 12.6. The van der Waals surface area contributed by atoms with Gasteiger partial charge >= 0.3 is 68.9 Å². The summed E-state index contributed by atoms with van der Waals surface area (Å²) in [5.74, 6) is 0.617. The van der Waals surface area contributed by atoms with Crippen molar-refractivity contribution in [2.45, 2.75) is 24.2 Å². The maximum Gasteiger partial charge on any atom is 1.00 e. The summed E-state index contributed by atoms with van der Waals surface area (Å²) >= 11 is 0. The second-order valence-corrected chi connectivity index (χ2v) is 8.41. The van der Waals surface area contributed by atoms with E-state index in [4.69, 9.17) is 5.73 Å². The minimum absolute atomic E-state index is 0. The molecule has 0 aliphatic carbocycles. The zero-order valence-corrected chi connectivity index (χ0v) is 24.0. The van der Waals surface area contributed by atoms with Gasteiger partial charge in [-0.25, -0.2) is 0 Å². The molecule has 6 heteroatoms. The van der Waals surface area contributed by atoms with E-state index in [0.717, 1.165) is 41.2 Å². The van der Waals surface area contributed by atoms with Crippen LogP contribution in [0.3, 0.4) is 0 Å². The number of aromatic nitrogens is 1. The van der Waals surface area contributed by atoms with E-state index in [0.29, 0.717) is 12.3 Å². The van der Waals surface area contributed by atoms with E-state index >= 15 is 0 Å². The standard InChI is InChI=1S/C21H25N3OS.CH3.Cs/c22-10-5-13-26(25)17-8-9-21(24-11-3-4-12-24)18(15-17)20-14-16-6-1-2-7-19(16)23-20;;/h1-2,6-9,14-15,23H,3-5,10-13,22H2;1H3;/q;-1;+1. The number of nitrogens with two attached hydrogens (primary N) is 1. The van der Waals surface area contributed by atoms with Gasteiger partial charge in [0.15, 0.2) is 0 Å². The number of benzene rings is 2. The Hall–Kier alpha value is -0.0581. The fraction of sp³-hybridized carbons (Fsp3) is 0.318. The third-order valence-corrected chi connectivity index (χ3v) is 6.47. The molecule has 2 aromatic carbocycles. The fourth-order valence-electron chi connectivity index (χ4n) is 3.66. The number of hydrogen-bond donors (Lipinski definition) is 2. The SMILES string of the molecule is NCCCS(=O)c1ccc(N2CCCC2)c(-c2cc3ccccc3[nH]2)c1.[CH3-].[Cs+]. The number of fused-ring (bicyclic) bond motifs is 1. The van der Waals surface area contributed by atoms with Gasteiger partial charge in [0, 0.05) is 51.6 Å².